The van der Waals surface area contributed by atoms with E-state index in [1.54, 1.807) is 6.07 Å². The molecule has 0 aliphatic rings. The minimum Gasteiger partial charge on any atom is -0.394 e. The molecule has 0 aliphatic heterocycles. The van der Waals surface area contributed by atoms with E-state index < -0.39 is 31.0 Å². The fourth-order valence-corrected chi connectivity index (χ4v) is 2.56. The Labute approximate surface area is 150 Å². The van der Waals surface area contributed by atoms with Gasteiger partial charge in [0.1, 0.15) is 30.1 Å². The zero-order valence-electron chi connectivity index (χ0n) is 14.6. The highest BCUT2D eigenvalue weighted by atomic mass is 16.5. The second-order valence-electron chi connectivity index (χ2n) is 6.38. The van der Waals surface area contributed by atoms with Gasteiger partial charge in [0.15, 0.2) is 5.58 Å². The molecular weight excluding hydrogens is 344 g/mol. The summed E-state index contributed by atoms with van der Waals surface area (Å²) < 4.78 is 5.18. The molecule has 26 heavy (non-hydrogen) atoms. The van der Waals surface area contributed by atoms with Crippen LogP contribution >= 0.6 is 0 Å². The van der Waals surface area contributed by atoms with Crippen LogP contribution in [0.1, 0.15) is 11.3 Å². The summed E-state index contributed by atoms with van der Waals surface area (Å²) in [5.74, 6) is -0.370. The lowest BCUT2D eigenvalue weighted by atomic mass is 10.0. The first-order valence-electron chi connectivity index (χ1n) is 8.16. The van der Waals surface area contributed by atoms with Crippen molar-refractivity contribution in [3.63, 3.8) is 0 Å². The maximum Gasteiger partial charge on any atom is 0.228 e. The summed E-state index contributed by atoms with van der Waals surface area (Å²) in [6.07, 6.45) is -6.61. The van der Waals surface area contributed by atoms with Crippen LogP contribution in [0, 0.1) is 6.92 Å². The summed E-state index contributed by atoms with van der Waals surface area (Å²) in [6, 6.07) is 5.50. The summed E-state index contributed by atoms with van der Waals surface area (Å²) in [5.41, 5.74) is 2.03. The Hall–Kier alpha value is -2.04. The van der Waals surface area contributed by atoms with Crippen LogP contribution < -0.4 is 0 Å². The molecule has 4 atom stereocenters. The molecule has 0 fully saturated rings. The highest BCUT2D eigenvalue weighted by Gasteiger charge is 2.31. The van der Waals surface area contributed by atoms with Crippen molar-refractivity contribution in [2.24, 2.45) is 0 Å². The van der Waals surface area contributed by atoms with Crippen LogP contribution in [0.4, 0.5) is 0 Å². The Kier molecular flexibility index (Phi) is 6.68. The summed E-state index contributed by atoms with van der Waals surface area (Å²) in [6.45, 7) is 0.871. The molecule has 0 spiro atoms. The average molecular weight is 368 g/mol. The topological polar surface area (TPSA) is 147 Å². The fraction of sp³-hybridized carbons (Fsp3) is 0.529. The van der Waals surface area contributed by atoms with Crippen molar-refractivity contribution < 1.29 is 34.9 Å². The number of benzene rings is 1. The standard InChI is InChI=1S/C17H24N2O7/c1-9-3-4-14-10(5-9)11(18-26-14)6-15(23)19(2)7-12(21)16(24)17(25)13(22)8-20/h3-5,12-13,16-17,20-22,24-25H,6-8H2,1-2H3. The number of aliphatic hydroxyl groups excluding tert-OH is 5. The van der Waals surface area contributed by atoms with E-state index in [-0.39, 0.29) is 18.9 Å². The van der Waals surface area contributed by atoms with Crippen molar-refractivity contribution in [3.05, 3.63) is 29.5 Å². The molecule has 2 aromatic rings. The average Bonchev–Trinajstić information content (AvgIpc) is 3.01. The molecule has 0 bridgehead atoms. The van der Waals surface area contributed by atoms with Crippen molar-refractivity contribution in [2.75, 3.05) is 20.2 Å². The van der Waals surface area contributed by atoms with E-state index >= 15 is 0 Å². The summed E-state index contributed by atoms with van der Waals surface area (Å²) >= 11 is 0. The molecule has 9 heteroatoms. The molecule has 0 radical (unpaired) electrons. The number of aryl methyl sites for hydroxylation is 1. The SMILES string of the molecule is Cc1ccc2onc(CC(=O)N(C)CC(O)C(O)C(O)C(O)CO)c2c1. The lowest BCUT2D eigenvalue weighted by molar-refractivity contribution is -0.137. The smallest absolute Gasteiger partial charge is 0.228 e. The Bertz CT molecular complexity index is 748. The van der Waals surface area contributed by atoms with Gasteiger partial charge in [-0.2, -0.15) is 0 Å². The van der Waals surface area contributed by atoms with Crippen molar-refractivity contribution in [1.82, 2.24) is 10.1 Å². The minimum atomic E-state index is -1.74. The molecule has 1 aromatic carbocycles. The van der Waals surface area contributed by atoms with Gasteiger partial charge in [0.05, 0.1) is 13.0 Å². The van der Waals surface area contributed by atoms with Gasteiger partial charge in [-0.1, -0.05) is 16.8 Å². The van der Waals surface area contributed by atoms with E-state index in [2.05, 4.69) is 5.16 Å². The van der Waals surface area contributed by atoms with Gasteiger partial charge in [0.2, 0.25) is 5.91 Å². The predicted molar refractivity (Wildman–Crippen MR) is 91.2 cm³/mol. The number of nitrogens with zero attached hydrogens (tertiary/aromatic N) is 2. The quantitative estimate of drug-likeness (QED) is 0.381. The van der Waals surface area contributed by atoms with Crippen LogP contribution in [-0.4, -0.2) is 86.1 Å². The van der Waals surface area contributed by atoms with Crippen LogP contribution in [0.3, 0.4) is 0 Å². The summed E-state index contributed by atoms with van der Waals surface area (Å²) in [5, 5.41) is 52.1. The first kappa shape index (κ1) is 20.3. The van der Waals surface area contributed by atoms with Crippen molar-refractivity contribution in [2.45, 2.75) is 37.8 Å². The van der Waals surface area contributed by atoms with Crippen molar-refractivity contribution >= 4 is 16.9 Å². The first-order chi connectivity index (χ1) is 12.2. The molecule has 1 amide bonds. The van der Waals surface area contributed by atoms with Crippen molar-refractivity contribution in [1.29, 1.82) is 0 Å². The van der Waals surface area contributed by atoms with Gasteiger partial charge in [-0.05, 0) is 19.1 Å². The van der Waals surface area contributed by atoms with Gasteiger partial charge in [-0.3, -0.25) is 4.79 Å². The second kappa shape index (κ2) is 8.56. The highest BCUT2D eigenvalue weighted by molar-refractivity contribution is 5.86. The summed E-state index contributed by atoms with van der Waals surface area (Å²) in [7, 11) is 1.43. The van der Waals surface area contributed by atoms with Crippen LogP contribution in [0.5, 0.6) is 0 Å². The van der Waals surface area contributed by atoms with Gasteiger partial charge in [0, 0.05) is 19.0 Å². The number of amides is 1. The number of rotatable bonds is 8. The second-order valence-corrected chi connectivity index (χ2v) is 6.38. The number of carbonyl (C=O) groups excluding carboxylic acids is 1. The number of fused-ring (bicyclic) bond motifs is 1. The van der Waals surface area contributed by atoms with Gasteiger partial charge >= 0.3 is 0 Å². The molecule has 144 valence electrons. The Morgan fingerprint density at radius 2 is 1.85 bits per heavy atom. The monoisotopic (exact) mass is 368 g/mol. The number of hydrogen-bond acceptors (Lipinski definition) is 8. The largest absolute Gasteiger partial charge is 0.394 e. The Balaban J connectivity index is 1.99. The van der Waals surface area contributed by atoms with Gasteiger partial charge in [0.25, 0.3) is 0 Å². The zero-order valence-corrected chi connectivity index (χ0v) is 14.6. The molecule has 1 aromatic heterocycles. The third kappa shape index (κ3) is 4.57. The molecule has 2 rings (SSSR count). The van der Waals surface area contributed by atoms with E-state index in [1.165, 1.54) is 11.9 Å². The third-order valence-corrected chi connectivity index (χ3v) is 4.23. The van der Waals surface area contributed by atoms with Crippen LogP contribution in [0.15, 0.2) is 22.7 Å². The molecule has 4 unspecified atom stereocenters. The number of hydrogen-bond donors (Lipinski definition) is 5. The predicted octanol–water partition coefficient (Wildman–Crippen LogP) is -1.43. The third-order valence-electron chi connectivity index (χ3n) is 4.23. The van der Waals surface area contributed by atoms with Crippen molar-refractivity contribution in [3.8, 4) is 0 Å². The van der Waals surface area contributed by atoms with E-state index in [4.69, 9.17) is 9.63 Å². The van der Waals surface area contributed by atoms with E-state index in [0.717, 1.165) is 10.9 Å². The zero-order chi connectivity index (χ0) is 19.4. The fourth-order valence-electron chi connectivity index (χ4n) is 2.56. The van der Waals surface area contributed by atoms with Crippen LogP contribution in [0.2, 0.25) is 0 Å². The minimum absolute atomic E-state index is 0.0579. The van der Waals surface area contributed by atoms with Crippen LogP contribution in [0.25, 0.3) is 11.0 Å². The molecule has 0 aliphatic carbocycles. The Morgan fingerprint density at radius 3 is 2.50 bits per heavy atom. The molecule has 9 nitrogen and oxygen atoms in total. The molecule has 5 N–H and O–H groups in total. The number of carbonyl (C=O) groups is 1. The highest BCUT2D eigenvalue weighted by Crippen LogP contribution is 2.20. The van der Waals surface area contributed by atoms with Gasteiger partial charge in [-0.15, -0.1) is 0 Å². The summed E-state index contributed by atoms with van der Waals surface area (Å²) in [4.78, 5) is 13.5. The lowest BCUT2D eigenvalue weighted by Crippen LogP contribution is -2.50. The lowest BCUT2D eigenvalue weighted by Gasteiger charge is -2.28. The molecule has 1 heterocycles. The molecule has 0 saturated heterocycles. The molecule has 0 saturated carbocycles. The molecular formula is C17H24N2O7. The van der Waals surface area contributed by atoms with Gasteiger partial charge in [-0.25, -0.2) is 0 Å². The normalized spacial score (nSPS) is 16.3. The van der Waals surface area contributed by atoms with Gasteiger partial charge < -0.3 is 35.0 Å². The van der Waals surface area contributed by atoms with Crippen LogP contribution in [-0.2, 0) is 11.2 Å². The van der Waals surface area contributed by atoms with E-state index in [9.17, 15) is 25.2 Å². The Morgan fingerprint density at radius 1 is 1.19 bits per heavy atom. The maximum absolute atomic E-state index is 12.4. The van der Waals surface area contributed by atoms with E-state index in [1.807, 2.05) is 19.1 Å². The number of aromatic nitrogens is 1. The maximum atomic E-state index is 12.4. The number of likely N-dealkylation sites (N-methyl/N-ethyl adjacent to an activating group) is 1. The first-order valence-corrected chi connectivity index (χ1v) is 8.16. The van der Waals surface area contributed by atoms with E-state index in [0.29, 0.717) is 11.3 Å². The number of aliphatic hydroxyl groups is 5.